The molecule has 0 saturated carbocycles. The van der Waals surface area contributed by atoms with E-state index in [2.05, 4.69) is 6.58 Å². The third-order valence-electron chi connectivity index (χ3n) is 4.02. The lowest BCUT2D eigenvalue weighted by atomic mass is 9.67. The molecule has 0 aliphatic heterocycles. The van der Waals surface area contributed by atoms with Crippen molar-refractivity contribution in [1.82, 2.24) is 0 Å². The number of nitrogens with one attached hydrogen (secondary N) is 1. The van der Waals surface area contributed by atoms with E-state index in [-0.39, 0.29) is 35.9 Å². The van der Waals surface area contributed by atoms with Crippen LogP contribution in [-0.4, -0.2) is 42.4 Å². The van der Waals surface area contributed by atoms with E-state index in [4.69, 9.17) is 14.9 Å². The van der Waals surface area contributed by atoms with E-state index in [9.17, 15) is 14.7 Å². The highest BCUT2D eigenvalue weighted by molar-refractivity contribution is 6.06. The molecule has 0 radical (unpaired) electrons. The third-order valence-corrected chi connectivity index (χ3v) is 4.02. The van der Waals surface area contributed by atoms with Crippen molar-refractivity contribution in [1.29, 1.82) is 5.41 Å². The molecule has 1 aliphatic carbocycles. The molecular formula is C17H25NO5. The fourth-order valence-electron chi connectivity index (χ4n) is 2.82. The van der Waals surface area contributed by atoms with Crippen LogP contribution < -0.4 is 0 Å². The minimum absolute atomic E-state index is 0.0200. The summed E-state index contributed by atoms with van der Waals surface area (Å²) in [4.78, 5) is 24.6. The van der Waals surface area contributed by atoms with Gasteiger partial charge in [-0.15, -0.1) is 6.58 Å². The molecule has 2 N–H and O–H groups in total. The van der Waals surface area contributed by atoms with Gasteiger partial charge in [-0.2, -0.15) is 0 Å². The van der Waals surface area contributed by atoms with Gasteiger partial charge in [0.05, 0.1) is 19.3 Å². The summed E-state index contributed by atoms with van der Waals surface area (Å²) in [5.74, 6) is -2.24. The monoisotopic (exact) mass is 323 g/mol. The summed E-state index contributed by atoms with van der Waals surface area (Å²) in [6.07, 6.45) is 0.950. The molecule has 0 heterocycles. The number of aliphatic hydroxyl groups is 1. The summed E-state index contributed by atoms with van der Waals surface area (Å²) in [5.41, 5.74) is -0.631. The number of carbonyl (C=O) groups excluding carboxylic acids is 2. The lowest BCUT2D eigenvalue weighted by molar-refractivity contribution is -0.150. The molecule has 6 heteroatoms. The molecule has 23 heavy (non-hydrogen) atoms. The Morgan fingerprint density at radius 3 is 2.65 bits per heavy atom. The fraction of sp³-hybridized carbons (Fsp3) is 0.588. The van der Waals surface area contributed by atoms with Crippen LogP contribution in [0.4, 0.5) is 0 Å². The van der Waals surface area contributed by atoms with Gasteiger partial charge in [0, 0.05) is 12.1 Å². The van der Waals surface area contributed by atoms with Crippen molar-refractivity contribution in [3.8, 4) is 0 Å². The summed E-state index contributed by atoms with van der Waals surface area (Å²) >= 11 is 0. The third kappa shape index (κ3) is 3.88. The first-order chi connectivity index (χ1) is 10.7. The highest BCUT2D eigenvalue weighted by Crippen LogP contribution is 2.43. The minimum atomic E-state index is -0.978. The van der Waals surface area contributed by atoms with E-state index in [0.717, 1.165) is 0 Å². The van der Waals surface area contributed by atoms with Crippen molar-refractivity contribution in [3.63, 3.8) is 0 Å². The molecule has 128 valence electrons. The summed E-state index contributed by atoms with van der Waals surface area (Å²) in [6.45, 7) is 8.89. The molecule has 0 spiro atoms. The molecular weight excluding hydrogens is 298 g/mol. The second-order valence-electron chi connectivity index (χ2n) is 6.22. The number of Topliss-reactive ketones (excluding diaryl/α,β-unsaturated/α-hetero) is 1. The molecule has 1 rings (SSSR count). The van der Waals surface area contributed by atoms with Crippen molar-refractivity contribution < 1.29 is 24.2 Å². The number of carbonyl (C=O) groups is 2. The zero-order valence-corrected chi connectivity index (χ0v) is 14.1. The van der Waals surface area contributed by atoms with Crippen LogP contribution in [0.2, 0.25) is 0 Å². The van der Waals surface area contributed by atoms with Crippen LogP contribution in [0.1, 0.15) is 33.6 Å². The summed E-state index contributed by atoms with van der Waals surface area (Å²) in [6, 6.07) is 0. The molecule has 0 bridgehead atoms. The number of hydrogen-bond acceptors (Lipinski definition) is 6. The summed E-state index contributed by atoms with van der Waals surface area (Å²) in [5, 5.41) is 18.6. The van der Waals surface area contributed by atoms with Crippen LogP contribution in [0, 0.1) is 16.7 Å². The van der Waals surface area contributed by atoms with Crippen molar-refractivity contribution in [3.05, 3.63) is 24.0 Å². The van der Waals surface area contributed by atoms with Crippen LogP contribution in [0.25, 0.3) is 0 Å². The lowest BCUT2D eigenvalue weighted by Gasteiger charge is -2.38. The zero-order chi connectivity index (χ0) is 17.8. The Balaban J connectivity index is 3.42. The first-order valence-electron chi connectivity index (χ1n) is 7.55. The quantitative estimate of drug-likeness (QED) is 0.426. The number of ether oxygens (including phenoxy) is 2. The van der Waals surface area contributed by atoms with Gasteiger partial charge in [0.15, 0.2) is 5.78 Å². The summed E-state index contributed by atoms with van der Waals surface area (Å²) < 4.78 is 10.3. The van der Waals surface area contributed by atoms with Gasteiger partial charge >= 0.3 is 5.97 Å². The Morgan fingerprint density at radius 1 is 1.57 bits per heavy atom. The van der Waals surface area contributed by atoms with Crippen LogP contribution in [0.5, 0.6) is 0 Å². The Labute approximate surface area is 136 Å². The van der Waals surface area contributed by atoms with Crippen molar-refractivity contribution >= 4 is 17.5 Å². The number of hydrogen-bond donors (Lipinski definition) is 2. The van der Waals surface area contributed by atoms with Gasteiger partial charge in [-0.25, -0.2) is 0 Å². The van der Waals surface area contributed by atoms with Crippen LogP contribution in [-0.2, 0) is 19.1 Å². The SMILES string of the molecule is C=CCOC(C(=N)CC)C1=C(O)C(C(=O)OC)C(C)(C)CC1=O. The molecule has 2 unspecified atom stereocenters. The van der Waals surface area contributed by atoms with Gasteiger partial charge in [-0.3, -0.25) is 9.59 Å². The topological polar surface area (TPSA) is 96.7 Å². The average molecular weight is 323 g/mol. The molecule has 0 amide bonds. The highest BCUT2D eigenvalue weighted by atomic mass is 16.5. The number of aliphatic hydroxyl groups excluding tert-OH is 1. The van der Waals surface area contributed by atoms with Gasteiger partial charge in [-0.1, -0.05) is 26.8 Å². The molecule has 2 atom stereocenters. The smallest absolute Gasteiger partial charge is 0.316 e. The number of esters is 1. The average Bonchev–Trinajstić information content (AvgIpc) is 2.48. The zero-order valence-electron chi connectivity index (χ0n) is 14.1. The maximum atomic E-state index is 12.5. The number of rotatable bonds is 7. The maximum absolute atomic E-state index is 12.5. The van der Waals surface area contributed by atoms with Gasteiger partial charge in [-0.05, 0) is 11.8 Å². The Bertz CT molecular complexity index is 547. The van der Waals surface area contributed by atoms with E-state index >= 15 is 0 Å². The molecule has 1 aliphatic rings. The molecule has 6 nitrogen and oxygen atoms in total. The normalized spacial score (nSPS) is 21.7. The van der Waals surface area contributed by atoms with Crippen molar-refractivity contribution in [2.75, 3.05) is 13.7 Å². The van der Waals surface area contributed by atoms with Crippen LogP contribution in [0.3, 0.4) is 0 Å². The largest absolute Gasteiger partial charge is 0.511 e. The Hall–Kier alpha value is -1.95. The minimum Gasteiger partial charge on any atom is -0.511 e. The lowest BCUT2D eigenvalue weighted by Crippen LogP contribution is -2.44. The fourth-order valence-corrected chi connectivity index (χ4v) is 2.82. The second-order valence-corrected chi connectivity index (χ2v) is 6.22. The molecule has 0 saturated heterocycles. The van der Waals surface area contributed by atoms with Gasteiger partial charge in [0.1, 0.15) is 17.8 Å². The predicted molar refractivity (Wildman–Crippen MR) is 86.5 cm³/mol. The van der Waals surface area contributed by atoms with E-state index in [0.29, 0.717) is 6.42 Å². The van der Waals surface area contributed by atoms with Crippen molar-refractivity contribution in [2.24, 2.45) is 11.3 Å². The number of ketones is 1. The van der Waals surface area contributed by atoms with Gasteiger partial charge < -0.3 is 20.0 Å². The van der Waals surface area contributed by atoms with Gasteiger partial charge in [0.2, 0.25) is 0 Å². The Morgan fingerprint density at radius 2 is 2.17 bits per heavy atom. The van der Waals surface area contributed by atoms with E-state index in [1.807, 2.05) is 0 Å². The molecule has 0 fully saturated rings. The molecule has 0 aromatic heterocycles. The van der Waals surface area contributed by atoms with Crippen LogP contribution >= 0.6 is 0 Å². The van der Waals surface area contributed by atoms with Crippen LogP contribution in [0.15, 0.2) is 24.0 Å². The van der Waals surface area contributed by atoms with E-state index < -0.39 is 23.4 Å². The standard InChI is InChI=1S/C17H25NO5/c1-6-8-23-15(10(18)7-2)12-11(19)9-17(3,4)13(14(12)20)16(21)22-5/h6,13,15,18,20H,1,7-9H2,2-5H3. The van der Waals surface area contributed by atoms with Crippen molar-refractivity contribution in [2.45, 2.75) is 39.7 Å². The van der Waals surface area contributed by atoms with E-state index in [1.165, 1.54) is 13.2 Å². The summed E-state index contributed by atoms with van der Waals surface area (Å²) in [7, 11) is 1.24. The first-order valence-corrected chi connectivity index (χ1v) is 7.55. The highest BCUT2D eigenvalue weighted by Gasteiger charge is 2.48. The van der Waals surface area contributed by atoms with Gasteiger partial charge in [0.25, 0.3) is 0 Å². The first kappa shape index (κ1) is 19.1. The second kappa shape index (κ2) is 7.55. The Kier molecular flexibility index (Phi) is 6.27. The maximum Gasteiger partial charge on any atom is 0.316 e. The molecule has 0 aromatic carbocycles. The molecule has 0 aromatic rings. The predicted octanol–water partition coefficient (Wildman–Crippen LogP) is 2.59. The number of methoxy groups -OCH3 is 1. The van der Waals surface area contributed by atoms with E-state index in [1.54, 1.807) is 20.8 Å².